The molecule has 1 heterocycles. The fourth-order valence-electron chi connectivity index (χ4n) is 3.46. The number of hydrogen-bond acceptors (Lipinski definition) is 6. The Labute approximate surface area is 199 Å². The van der Waals surface area contributed by atoms with Gasteiger partial charge in [0.25, 0.3) is 11.1 Å². The molecule has 2 aromatic rings. The molecular weight excluding hydrogens is 458 g/mol. The molecule has 0 aromatic heterocycles. The van der Waals surface area contributed by atoms with Crippen molar-refractivity contribution in [1.82, 2.24) is 5.32 Å². The lowest BCUT2D eigenvalue weighted by molar-refractivity contribution is -0.120. The first-order valence-electron chi connectivity index (χ1n) is 10.5. The van der Waals surface area contributed by atoms with Gasteiger partial charge in [0, 0.05) is 12.0 Å². The first-order valence-corrected chi connectivity index (χ1v) is 12.8. The number of methoxy groups -OCH3 is 1. The van der Waals surface area contributed by atoms with Crippen LogP contribution in [-0.4, -0.2) is 30.8 Å². The molecule has 6 nitrogen and oxygen atoms in total. The molecule has 0 saturated carbocycles. The smallest absolute Gasteiger partial charge is 0.287 e. The first-order chi connectivity index (χ1) is 15.5. The summed E-state index contributed by atoms with van der Waals surface area (Å²) in [5.41, 5.74) is 2.14. The third-order valence-corrected chi connectivity index (χ3v) is 9.48. The summed E-state index contributed by atoms with van der Waals surface area (Å²) < 4.78 is 30.0. The molecule has 1 fully saturated rings. The number of hydrogen-bond donors (Lipinski definition) is 1. The Bertz CT molecular complexity index is 1200. The normalized spacial score (nSPS) is 18.4. The number of amides is 2. The highest BCUT2D eigenvalue weighted by Crippen LogP contribution is 2.44. The summed E-state index contributed by atoms with van der Waals surface area (Å²) >= 11 is 0.524. The largest absolute Gasteiger partial charge is 0.497 e. The van der Waals surface area contributed by atoms with Crippen LogP contribution in [0.15, 0.2) is 53.4 Å². The third-order valence-electron chi connectivity index (χ3n) is 5.41. The molecule has 0 spiro atoms. The molecule has 1 N–H and O–H groups in total. The number of carbonyl (C=O) groups excluding carboxylic acids is 2. The molecule has 1 saturated heterocycles. The zero-order chi connectivity index (χ0) is 24.3. The van der Waals surface area contributed by atoms with Crippen LogP contribution in [0.1, 0.15) is 51.2 Å². The molecule has 1 atom stereocenters. The number of unbranched alkanes of at least 4 members (excludes halogenated alkanes) is 1. The molecule has 8 heteroatoms. The first kappa shape index (κ1) is 24.9. The minimum atomic E-state index is -4.14. The number of ether oxygens (including phenoxy) is 1. The van der Waals surface area contributed by atoms with E-state index in [2.05, 4.69) is 37.9 Å². The summed E-state index contributed by atoms with van der Waals surface area (Å²) in [7, 11) is -2.66. The molecule has 174 valence electrons. The van der Waals surface area contributed by atoms with E-state index in [9.17, 15) is 18.0 Å². The third kappa shape index (κ3) is 5.26. The number of rotatable bonds is 6. The van der Waals surface area contributed by atoms with Gasteiger partial charge in [-0.1, -0.05) is 44.7 Å². The molecule has 1 aliphatic rings. The van der Waals surface area contributed by atoms with Gasteiger partial charge in [0.1, 0.15) is 5.75 Å². The Balaban J connectivity index is 1.75. The zero-order valence-corrected chi connectivity index (χ0v) is 20.7. The van der Waals surface area contributed by atoms with Crippen molar-refractivity contribution in [2.24, 2.45) is 0 Å². The van der Waals surface area contributed by atoms with Crippen LogP contribution < -0.4 is 10.1 Å². The van der Waals surface area contributed by atoms with Crippen LogP contribution in [-0.2, 0) is 20.0 Å². The Morgan fingerprint density at radius 2 is 1.67 bits per heavy atom. The van der Waals surface area contributed by atoms with Crippen molar-refractivity contribution in [2.75, 3.05) is 7.11 Å². The van der Waals surface area contributed by atoms with Gasteiger partial charge in [0.05, 0.1) is 12.0 Å². The number of benzene rings is 2. The molecule has 2 amide bonds. The van der Waals surface area contributed by atoms with Crippen molar-refractivity contribution >= 4 is 32.7 Å². The van der Waals surface area contributed by atoms with E-state index >= 15 is 0 Å². The van der Waals surface area contributed by atoms with E-state index in [4.69, 9.17) is 4.74 Å². The van der Waals surface area contributed by atoms with E-state index in [0.717, 1.165) is 5.56 Å². The van der Waals surface area contributed by atoms with Crippen LogP contribution >= 0.6 is 11.8 Å². The maximum Gasteiger partial charge on any atom is 0.287 e. The second kappa shape index (κ2) is 9.62. The van der Waals surface area contributed by atoms with Gasteiger partial charge in [-0.05, 0) is 72.0 Å². The monoisotopic (exact) mass is 485 g/mol. The number of sulfone groups is 1. The van der Waals surface area contributed by atoms with E-state index in [1.807, 2.05) is 24.3 Å². The molecule has 2 aromatic carbocycles. The van der Waals surface area contributed by atoms with Crippen LogP contribution in [0.4, 0.5) is 4.79 Å². The molecule has 3 rings (SSSR count). The Hall–Kier alpha value is -2.76. The van der Waals surface area contributed by atoms with Crippen LogP contribution in [0.5, 0.6) is 5.75 Å². The van der Waals surface area contributed by atoms with E-state index in [-0.39, 0.29) is 16.7 Å². The molecule has 0 bridgehead atoms. The van der Waals surface area contributed by atoms with Crippen molar-refractivity contribution in [2.45, 2.75) is 54.4 Å². The number of nitrogens with one attached hydrogen (secondary N) is 1. The maximum absolute atomic E-state index is 13.4. The van der Waals surface area contributed by atoms with Crippen molar-refractivity contribution in [3.63, 3.8) is 0 Å². The zero-order valence-electron chi connectivity index (χ0n) is 19.1. The van der Waals surface area contributed by atoms with E-state index in [0.29, 0.717) is 30.4 Å². The van der Waals surface area contributed by atoms with Gasteiger partial charge >= 0.3 is 0 Å². The van der Waals surface area contributed by atoms with Gasteiger partial charge in [-0.25, -0.2) is 8.42 Å². The number of carbonyl (C=O) groups is 2. The van der Waals surface area contributed by atoms with E-state index < -0.39 is 25.1 Å². The van der Waals surface area contributed by atoms with Gasteiger partial charge in [-0.15, -0.1) is 0 Å². The molecular formula is C25H27NO5S2. The highest BCUT2D eigenvalue weighted by Gasteiger charge is 2.57. The molecule has 1 aliphatic heterocycles. The van der Waals surface area contributed by atoms with Crippen LogP contribution in [0, 0.1) is 11.8 Å². The standard InChI is InChI=1S/C25H27NO5S2/c1-24(2,3)19-11-9-18(10-12-19)8-6-5-7-17-25(22(27)26-23(28)32-25)33(29,30)21-15-13-20(31-4)14-16-21/h9-16H,5,7,17H2,1-4H3,(H,26,27,28). The average molecular weight is 486 g/mol. The summed E-state index contributed by atoms with van der Waals surface area (Å²) in [6.45, 7) is 6.43. The topological polar surface area (TPSA) is 89.5 Å². The quantitative estimate of drug-likeness (QED) is 0.473. The predicted octanol–water partition coefficient (Wildman–Crippen LogP) is 4.67. The second-order valence-electron chi connectivity index (χ2n) is 8.76. The number of imide groups is 1. The van der Waals surface area contributed by atoms with Gasteiger partial charge in [-0.2, -0.15) is 0 Å². The van der Waals surface area contributed by atoms with Gasteiger partial charge in [-0.3, -0.25) is 14.9 Å². The molecule has 1 unspecified atom stereocenters. The Kier molecular flexibility index (Phi) is 7.25. The minimum Gasteiger partial charge on any atom is -0.497 e. The fraction of sp³-hybridized carbons (Fsp3) is 0.360. The van der Waals surface area contributed by atoms with E-state index in [1.165, 1.54) is 36.9 Å². The van der Waals surface area contributed by atoms with Crippen LogP contribution in [0.2, 0.25) is 0 Å². The summed E-state index contributed by atoms with van der Waals surface area (Å²) in [4.78, 5) is 24.6. The SMILES string of the molecule is COc1ccc(S(=O)(=O)C2(CCCC#Cc3ccc(C(C)(C)C)cc3)SC(=O)NC2=O)cc1. The highest BCUT2D eigenvalue weighted by molar-refractivity contribution is 8.25. The van der Waals surface area contributed by atoms with Gasteiger partial charge < -0.3 is 4.74 Å². The van der Waals surface area contributed by atoms with Gasteiger partial charge in [0.2, 0.25) is 13.9 Å². The summed E-state index contributed by atoms with van der Waals surface area (Å²) in [6.07, 6.45) is 0.709. The average Bonchev–Trinajstić information content (AvgIpc) is 3.07. The lowest BCUT2D eigenvalue weighted by Gasteiger charge is -2.24. The molecule has 0 radical (unpaired) electrons. The fourth-order valence-corrected chi connectivity index (χ4v) is 6.83. The molecule has 33 heavy (non-hydrogen) atoms. The highest BCUT2D eigenvalue weighted by atomic mass is 32.3. The molecule has 0 aliphatic carbocycles. The van der Waals surface area contributed by atoms with Gasteiger partial charge in [0.15, 0.2) is 0 Å². The van der Waals surface area contributed by atoms with Crippen LogP contribution in [0.25, 0.3) is 0 Å². The second-order valence-corrected chi connectivity index (χ2v) is 12.5. The predicted molar refractivity (Wildman–Crippen MR) is 130 cm³/mol. The Morgan fingerprint density at radius 1 is 1.03 bits per heavy atom. The van der Waals surface area contributed by atoms with Crippen molar-refractivity contribution in [3.8, 4) is 17.6 Å². The minimum absolute atomic E-state index is 0.0265. The van der Waals surface area contributed by atoms with Crippen LogP contribution in [0.3, 0.4) is 0 Å². The maximum atomic E-state index is 13.4. The number of thioether (sulfide) groups is 1. The lowest BCUT2D eigenvalue weighted by Crippen LogP contribution is -2.43. The Morgan fingerprint density at radius 3 is 2.18 bits per heavy atom. The lowest BCUT2D eigenvalue weighted by atomic mass is 9.87. The summed E-state index contributed by atoms with van der Waals surface area (Å²) in [5, 5.41) is 1.47. The van der Waals surface area contributed by atoms with Crippen molar-refractivity contribution in [3.05, 3.63) is 59.7 Å². The summed E-state index contributed by atoms with van der Waals surface area (Å²) in [6, 6.07) is 13.8. The van der Waals surface area contributed by atoms with Crippen molar-refractivity contribution in [1.29, 1.82) is 0 Å². The van der Waals surface area contributed by atoms with E-state index in [1.54, 1.807) is 0 Å². The summed E-state index contributed by atoms with van der Waals surface area (Å²) in [5.74, 6) is 5.81. The van der Waals surface area contributed by atoms with Crippen molar-refractivity contribution < 1.29 is 22.7 Å².